The molecule has 0 saturated heterocycles. The van der Waals surface area contributed by atoms with Crippen molar-refractivity contribution in [3.63, 3.8) is 0 Å². The van der Waals surface area contributed by atoms with Gasteiger partial charge in [0.1, 0.15) is 18.9 Å². The maximum Gasteiger partial charge on any atom is 0.325 e. The first-order valence-corrected chi connectivity index (χ1v) is 10.1. The predicted molar refractivity (Wildman–Crippen MR) is 108 cm³/mol. The van der Waals surface area contributed by atoms with Crippen molar-refractivity contribution in [1.82, 2.24) is 14.7 Å². The van der Waals surface area contributed by atoms with E-state index in [1.54, 1.807) is 35.8 Å². The van der Waals surface area contributed by atoms with Gasteiger partial charge in [0.05, 0.1) is 12.3 Å². The number of unbranched alkanes of at least 4 members (excludes halogenated alkanes) is 1. The Bertz CT molecular complexity index is 1040. The van der Waals surface area contributed by atoms with Crippen molar-refractivity contribution < 1.29 is 19.1 Å². The van der Waals surface area contributed by atoms with Crippen LogP contribution in [0.15, 0.2) is 46.7 Å². The second-order valence-electron chi connectivity index (χ2n) is 6.21. The van der Waals surface area contributed by atoms with Crippen LogP contribution in [0.5, 0.6) is 5.75 Å². The molecule has 1 N–H and O–H groups in total. The van der Waals surface area contributed by atoms with E-state index in [4.69, 9.17) is 9.47 Å². The molecule has 0 aliphatic heterocycles. The number of ether oxygens (including phenoxy) is 2. The van der Waals surface area contributed by atoms with Gasteiger partial charge < -0.3 is 14.8 Å². The van der Waals surface area contributed by atoms with Crippen molar-refractivity contribution in [1.29, 1.82) is 0 Å². The lowest BCUT2D eigenvalue weighted by atomic mass is 10.2. The molecule has 9 heteroatoms. The van der Waals surface area contributed by atoms with Crippen molar-refractivity contribution >= 4 is 28.2 Å². The summed E-state index contributed by atoms with van der Waals surface area (Å²) in [6, 6.07) is 8.02. The normalized spacial score (nSPS) is 10.7. The Balaban J connectivity index is 1.45. The Morgan fingerprint density at radius 3 is 2.79 bits per heavy atom. The van der Waals surface area contributed by atoms with Crippen molar-refractivity contribution in [2.24, 2.45) is 0 Å². The molecule has 2 aromatic heterocycles. The zero-order valence-electron chi connectivity index (χ0n) is 15.9. The first-order valence-electron chi connectivity index (χ1n) is 9.19. The van der Waals surface area contributed by atoms with E-state index in [9.17, 15) is 14.4 Å². The van der Waals surface area contributed by atoms with Crippen LogP contribution in [0, 0.1) is 0 Å². The third kappa shape index (κ3) is 5.64. The Hall–Kier alpha value is -3.20. The molecule has 0 spiro atoms. The highest BCUT2D eigenvalue weighted by Gasteiger charge is 2.11. The summed E-state index contributed by atoms with van der Waals surface area (Å²) in [6.45, 7) is 2.30. The van der Waals surface area contributed by atoms with Crippen LogP contribution in [-0.4, -0.2) is 34.4 Å². The number of nitrogens with zero attached hydrogens (tertiary/aromatic N) is 2. The predicted octanol–water partition coefficient (Wildman–Crippen LogP) is 2.41. The molecule has 0 aliphatic rings. The Morgan fingerprint density at radius 2 is 2.03 bits per heavy atom. The molecule has 0 fully saturated rings. The third-order valence-corrected chi connectivity index (χ3v) is 4.77. The van der Waals surface area contributed by atoms with E-state index in [1.165, 1.54) is 21.8 Å². The van der Waals surface area contributed by atoms with Crippen LogP contribution in [0.25, 0.3) is 4.96 Å². The first kappa shape index (κ1) is 20.5. The third-order valence-electron chi connectivity index (χ3n) is 4.01. The van der Waals surface area contributed by atoms with E-state index in [1.807, 2.05) is 0 Å². The minimum Gasteiger partial charge on any atom is -0.494 e. The number of fused-ring (bicyclic) bond motifs is 1. The molecule has 8 nitrogen and oxygen atoms in total. The summed E-state index contributed by atoms with van der Waals surface area (Å²) < 4.78 is 12.1. The lowest BCUT2D eigenvalue weighted by Crippen LogP contribution is -2.30. The molecule has 0 radical (unpaired) electrons. The van der Waals surface area contributed by atoms with E-state index in [2.05, 4.69) is 17.2 Å². The highest BCUT2D eigenvalue weighted by Crippen LogP contribution is 2.12. The molecule has 0 atom stereocenters. The zero-order valence-corrected chi connectivity index (χ0v) is 16.7. The van der Waals surface area contributed by atoms with Crippen molar-refractivity contribution in [3.05, 3.63) is 63.5 Å². The SMILES string of the molecule is CCCCOc1ccc(C(=O)NCC(=O)OCc2cc(=O)n3ccsc3n2)cc1. The van der Waals surface area contributed by atoms with E-state index in [-0.39, 0.29) is 18.7 Å². The Kier molecular flexibility index (Phi) is 6.96. The molecule has 0 saturated carbocycles. The second-order valence-corrected chi connectivity index (χ2v) is 7.08. The molecule has 152 valence electrons. The van der Waals surface area contributed by atoms with Gasteiger partial charge in [0.15, 0.2) is 4.96 Å². The molecule has 0 aliphatic carbocycles. The highest BCUT2D eigenvalue weighted by atomic mass is 32.1. The first-order chi connectivity index (χ1) is 14.1. The van der Waals surface area contributed by atoms with E-state index in [0.29, 0.717) is 28.6 Å². The Labute approximate surface area is 171 Å². The average molecular weight is 415 g/mol. The maximum absolute atomic E-state index is 12.1. The molecule has 3 aromatic rings. The molecule has 1 aromatic carbocycles. The van der Waals surface area contributed by atoms with Gasteiger partial charge in [0.2, 0.25) is 0 Å². The van der Waals surface area contributed by atoms with E-state index in [0.717, 1.165) is 12.8 Å². The molecule has 29 heavy (non-hydrogen) atoms. The number of hydrogen-bond donors (Lipinski definition) is 1. The van der Waals surface area contributed by atoms with Crippen LogP contribution in [0.2, 0.25) is 0 Å². The fourth-order valence-electron chi connectivity index (χ4n) is 2.46. The van der Waals surface area contributed by atoms with E-state index < -0.39 is 11.9 Å². The summed E-state index contributed by atoms with van der Waals surface area (Å²) in [5, 5.41) is 4.25. The van der Waals surface area contributed by atoms with Gasteiger partial charge in [-0.25, -0.2) is 4.98 Å². The number of thiazole rings is 1. The second kappa shape index (κ2) is 9.83. The lowest BCUT2D eigenvalue weighted by molar-refractivity contribution is -0.143. The van der Waals surface area contributed by atoms with Crippen LogP contribution in [0.1, 0.15) is 35.8 Å². The number of carbonyl (C=O) groups excluding carboxylic acids is 2. The molecule has 1 amide bonds. The molecular weight excluding hydrogens is 394 g/mol. The molecule has 2 heterocycles. The monoisotopic (exact) mass is 415 g/mol. The number of nitrogens with one attached hydrogen (secondary N) is 1. The average Bonchev–Trinajstić information content (AvgIpc) is 3.20. The smallest absolute Gasteiger partial charge is 0.325 e. The number of rotatable bonds is 9. The molecule has 0 unspecified atom stereocenters. The maximum atomic E-state index is 12.1. The summed E-state index contributed by atoms with van der Waals surface area (Å²) in [5.41, 5.74) is 0.534. The Morgan fingerprint density at radius 1 is 1.24 bits per heavy atom. The number of esters is 1. The van der Waals surface area contributed by atoms with Gasteiger partial charge in [-0.05, 0) is 30.7 Å². The molecule has 0 bridgehead atoms. The van der Waals surface area contributed by atoms with Crippen molar-refractivity contribution in [3.8, 4) is 5.75 Å². The lowest BCUT2D eigenvalue weighted by Gasteiger charge is -2.08. The van der Waals surface area contributed by atoms with Crippen LogP contribution in [0.3, 0.4) is 0 Å². The van der Waals surface area contributed by atoms with Gasteiger partial charge in [-0.15, -0.1) is 11.3 Å². The van der Waals surface area contributed by atoms with Crippen molar-refractivity contribution in [2.45, 2.75) is 26.4 Å². The van der Waals surface area contributed by atoms with E-state index >= 15 is 0 Å². The summed E-state index contributed by atoms with van der Waals surface area (Å²) >= 11 is 1.31. The van der Waals surface area contributed by atoms with Gasteiger partial charge in [0, 0.05) is 23.2 Å². The van der Waals surface area contributed by atoms with Gasteiger partial charge in [-0.1, -0.05) is 13.3 Å². The van der Waals surface area contributed by atoms with Crippen molar-refractivity contribution in [2.75, 3.05) is 13.2 Å². The van der Waals surface area contributed by atoms with Gasteiger partial charge in [-0.2, -0.15) is 0 Å². The summed E-state index contributed by atoms with van der Waals surface area (Å²) in [4.78, 5) is 40.7. The standard InChI is InChI=1S/C20H21N3O5S/c1-2-3-9-27-16-6-4-14(5-7-16)19(26)21-12-18(25)28-13-15-11-17(24)23-8-10-29-20(23)22-15/h4-8,10-11H,2-3,9,12-13H2,1H3,(H,21,26). The van der Waals surface area contributed by atoms with Gasteiger partial charge >= 0.3 is 5.97 Å². The molecular formula is C20H21N3O5S. The quantitative estimate of drug-likeness (QED) is 0.426. The fourth-order valence-corrected chi connectivity index (χ4v) is 3.20. The zero-order chi connectivity index (χ0) is 20.6. The highest BCUT2D eigenvalue weighted by molar-refractivity contribution is 7.15. The summed E-state index contributed by atoms with van der Waals surface area (Å²) in [6.07, 6.45) is 3.65. The van der Waals surface area contributed by atoms with Gasteiger partial charge in [0.25, 0.3) is 11.5 Å². The number of benzene rings is 1. The minimum absolute atomic E-state index is 0.137. The van der Waals surface area contributed by atoms with Crippen LogP contribution in [-0.2, 0) is 16.1 Å². The largest absolute Gasteiger partial charge is 0.494 e. The van der Waals surface area contributed by atoms with Crippen LogP contribution in [0.4, 0.5) is 0 Å². The summed E-state index contributed by atoms with van der Waals surface area (Å²) in [7, 11) is 0. The molecule has 3 rings (SSSR count). The minimum atomic E-state index is -0.619. The number of carbonyl (C=O) groups is 2. The van der Waals surface area contributed by atoms with Crippen LogP contribution < -0.4 is 15.6 Å². The number of amides is 1. The topological polar surface area (TPSA) is 99.0 Å². The van der Waals surface area contributed by atoms with Gasteiger partial charge in [-0.3, -0.25) is 18.8 Å². The van der Waals surface area contributed by atoms with Crippen LogP contribution >= 0.6 is 11.3 Å². The fraction of sp³-hybridized carbons (Fsp3) is 0.300. The number of aromatic nitrogens is 2. The number of hydrogen-bond acceptors (Lipinski definition) is 7. The summed E-state index contributed by atoms with van der Waals surface area (Å²) in [5.74, 6) is -0.315.